The molecule has 0 fully saturated rings. The van der Waals surface area contributed by atoms with Crippen LogP contribution in [0.4, 0.5) is 0 Å². The minimum absolute atomic E-state index is 0.343. The summed E-state index contributed by atoms with van der Waals surface area (Å²) in [6.45, 7) is 2.16. The fraction of sp³-hybridized carbons (Fsp3) is 0.143. The first-order valence-electron chi connectivity index (χ1n) is 5.74. The Bertz CT molecular complexity index is 544. The van der Waals surface area contributed by atoms with Crippen molar-refractivity contribution >= 4 is 12.0 Å². The summed E-state index contributed by atoms with van der Waals surface area (Å²) in [4.78, 5) is 11.2. The SMILES string of the molecule is CCOC(=O)/C=C/c1cnn(-c2ccccc2)c1. The molecule has 1 aromatic heterocycles. The summed E-state index contributed by atoms with van der Waals surface area (Å²) < 4.78 is 6.56. The molecule has 0 radical (unpaired) electrons. The summed E-state index contributed by atoms with van der Waals surface area (Å²) in [6.07, 6.45) is 6.63. The maximum atomic E-state index is 11.2. The van der Waals surface area contributed by atoms with E-state index in [-0.39, 0.29) is 5.97 Å². The van der Waals surface area contributed by atoms with Crippen LogP contribution in [0.3, 0.4) is 0 Å². The van der Waals surface area contributed by atoms with Gasteiger partial charge in [0.25, 0.3) is 0 Å². The fourth-order valence-corrected chi connectivity index (χ4v) is 1.50. The summed E-state index contributed by atoms with van der Waals surface area (Å²) in [7, 11) is 0. The number of hydrogen-bond donors (Lipinski definition) is 0. The predicted octanol–water partition coefficient (Wildman–Crippen LogP) is 2.45. The third kappa shape index (κ3) is 3.07. The van der Waals surface area contributed by atoms with Crippen LogP contribution >= 0.6 is 0 Å². The molecular formula is C14H14N2O2. The molecule has 2 aromatic rings. The summed E-state index contributed by atoms with van der Waals surface area (Å²) in [6, 6.07) is 9.78. The quantitative estimate of drug-likeness (QED) is 0.611. The van der Waals surface area contributed by atoms with Crippen LogP contribution in [-0.4, -0.2) is 22.4 Å². The van der Waals surface area contributed by atoms with Gasteiger partial charge in [-0.15, -0.1) is 0 Å². The Morgan fingerprint density at radius 3 is 2.89 bits per heavy atom. The topological polar surface area (TPSA) is 44.1 Å². The largest absolute Gasteiger partial charge is 0.463 e. The van der Waals surface area contributed by atoms with Crippen molar-refractivity contribution < 1.29 is 9.53 Å². The van der Waals surface area contributed by atoms with E-state index in [4.69, 9.17) is 4.74 Å². The first-order chi connectivity index (χ1) is 8.79. The highest BCUT2D eigenvalue weighted by Gasteiger charge is 1.99. The van der Waals surface area contributed by atoms with E-state index in [0.29, 0.717) is 6.61 Å². The average Bonchev–Trinajstić information content (AvgIpc) is 2.87. The average molecular weight is 242 g/mol. The van der Waals surface area contributed by atoms with Crippen molar-refractivity contribution in [1.82, 2.24) is 9.78 Å². The number of esters is 1. The fourth-order valence-electron chi connectivity index (χ4n) is 1.50. The second-order valence-corrected chi connectivity index (χ2v) is 3.64. The molecule has 2 rings (SSSR count). The Balaban J connectivity index is 2.09. The lowest BCUT2D eigenvalue weighted by molar-refractivity contribution is -0.137. The van der Waals surface area contributed by atoms with Gasteiger partial charge in [0.1, 0.15) is 0 Å². The molecule has 18 heavy (non-hydrogen) atoms. The van der Waals surface area contributed by atoms with Gasteiger partial charge in [0, 0.05) is 17.8 Å². The molecular weight excluding hydrogens is 228 g/mol. The van der Waals surface area contributed by atoms with Crippen molar-refractivity contribution in [2.45, 2.75) is 6.92 Å². The number of hydrogen-bond acceptors (Lipinski definition) is 3. The third-order valence-corrected chi connectivity index (χ3v) is 2.32. The maximum absolute atomic E-state index is 11.2. The van der Waals surface area contributed by atoms with E-state index in [1.54, 1.807) is 23.9 Å². The number of nitrogens with zero attached hydrogens (tertiary/aromatic N) is 2. The lowest BCUT2D eigenvalue weighted by Crippen LogP contribution is -1.98. The van der Waals surface area contributed by atoms with Gasteiger partial charge in [0.05, 0.1) is 18.5 Å². The van der Waals surface area contributed by atoms with Crippen LogP contribution in [0, 0.1) is 0 Å². The van der Waals surface area contributed by atoms with Gasteiger partial charge in [0.15, 0.2) is 0 Å². The van der Waals surface area contributed by atoms with Gasteiger partial charge in [-0.3, -0.25) is 0 Å². The molecule has 0 bridgehead atoms. The Labute approximate surface area is 106 Å². The first-order valence-corrected chi connectivity index (χ1v) is 5.74. The van der Waals surface area contributed by atoms with E-state index in [2.05, 4.69) is 5.10 Å². The lowest BCUT2D eigenvalue weighted by Gasteiger charge is -1.98. The van der Waals surface area contributed by atoms with Crippen molar-refractivity contribution in [2.24, 2.45) is 0 Å². The highest BCUT2D eigenvalue weighted by Crippen LogP contribution is 2.08. The Kier molecular flexibility index (Phi) is 3.91. The van der Waals surface area contributed by atoms with Crippen LogP contribution < -0.4 is 0 Å². The van der Waals surface area contributed by atoms with Crippen molar-refractivity contribution in [2.75, 3.05) is 6.61 Å². The molecule has 4 heteroatoms. The molecule has 1 heterocycles. The van der Waals surface area contributed by atoms with E-state index >= 15 is 0 Å². The molecule has 4 nitrogen and oxygen atoms in total. The van der Waals surface area contributed by atoms with Gasteiger partial charge < -0.3 is 4.74 Å². The van der Waals surface area contributed by atoms with Crippen LogP contribution in [0.2, 0.25) is 0 Å². The number of ether oxygens (including phenoxy) is 1. The van der Waals surface area contributed by atoms with Crippen molar-refractivity contribution in [3.05, 3.63) is 54.4 Å². The molecule has 0 saturated heterocycles. The smallest absolute Gasteiger partial charge is 0.330 e. The summed E-state index contributed by atoms with van der Waals surface area (Å²) in [5.41, 5.74) is 1.83. The Morgan fingerprint density at radius 1 is 1.39 bits per heavy atom. The summed E-state index contributed by atoms with van der Waals surface area (Å²) >= 11 is 0. The minimum Gasteiger partial charge on any atom is -0.463 e. The molecule has 0 spiro atoms. The van der Waals surface area contributed by atoms with Crippen molar-refractivity contribution in [3.8, 4) is 5.69 Å². The molecule has 0 aliphatic heterocycles. The minimum atomic E-state index is -0.343. The first kappa shape index (κ1) is 12.1. The van der Waals surface area contributed by atoms with E-state index < -0.39 is 0 Å². The van der Waals surface area contributed by atoms with E-state index in [9.17, 15) is 4.79 Å². The van der Waals surface area contributed by atoms with Crippen molar-refractivity contribution in [1.29, 1.82) is 0 Å². The Hall–Kier alpha value is -2.36. The maximum Gasteiger partial charge on any atom is 0.330 e. The standard InChI is InChI=1S/C14H14N2O2/c1-2-18-14(17)9-8-12-10-15-16(11-12)13-6-4-3-5-7-13/h3-11H,2H2,1H3/b9-8+. The van der Waals surface area contributed by atoms with Gasteiger partial charge in [-0.1, -0.05) is 18.2 Å². The number of carbonyl (C=O) groups excluding carboxylic acids is 1. The molecule has 92 valence electrons. The van der Waals surface area contributed by atoms with E-state index in [1.165, 1.54) is 6.08 Å². The molecule has 0 unspecified atom stereocenters. The summed E-state index contributed by atoms with van der Waals surface area (Å²) in [5, 5.41) is 4.22. The predicted molar refractivity (Wildman–Crippen MR) is 69.2 cm³/mol. The lowest BCUT2D eigenvalue weighted by atomic mass is 10.3. The van der Waals surface area contributed by atoms with E-state index in [1.807, 2.05) is 36.5 Å². The molecule has 0 aliphatic rings. The number of carbonyl (C=O) groups is 1. The second kappa shape index (κ2) is 5.82. The molecule has 0 amide bonds. The van der Waals surface area contributed by atoms with Crippen LogP contribution in [0.25, 0.3) is 11.8 Å². The van der Waals surface area contributed by atoms with Gasteiger partial charge in [-0.25, -0.2) is 9.48 Å². The molecule has 0 N–H and O–H groups in total. The number of aromatic nitrogens is 2. The summed E-state index contributed by atoms with van der Waals surface area (Å²) in [5.74, 6) is -0.343. The normalized spacial score (nSPS) is 10.7. The number of benzene rings is 1. The van der Waals surface area contributed by atoms with Crippen LogP contribution in [0.1, 0.15) is 12.5 Å². The monoisotopic (exact) mass is 242 g/mol. The number of rotatable bonds is 4. The van der Waals surface area contributed by atoms with Gasteiger partial charge in [0.2, 0.25) is 0 Å². The molecule has 0 saturated carbocycles. The molecule has 0 aliphatic carbocycles. The van der Waals surface area contributed by atoms with Gasteiger partial charge in [-0.05, 0) is 25.1 Å². The zero-order valence-electron chi connectivity index (χ0n) is 10.1. The highest BCUT2D eigenvalue weighted by molar-refractivity contribution is 5.86. The third-order valence-electron chi connectivity index (χ3n) is 2.32. The van der Waals surface area contributed by atoms with Crippen molar-refractivity contribution in [3.63, 3.8) is 0 Å². The second-order valence-electron chi connectivity index (χ2n) is 3.64. The molecule has 1 aromatic carbocycles. The molecule has 0 atom stereocenters. The Morgan fingerprint density at radius 2 is 2.17 bits per heavy atom. The van der Waals surface area contributed by atoms with E-state index in [0.717, 1.165) is 11.3 Å². The zero-order valence-corrected chi connectivity index (χ0v) is 10.1. The number of para-hydroxylation sites is 1. The highest BCUT2D eigenvalue weighted by atomic mass is 16.5. The van der Waals surface area contributed by atoms with Crippen LogP contribution in [0.5, 0.6) is 0 Å². The zero-order chi connectivity index (χ0) is 12.8. The van der Waals surface area contributed by atoms with Gasteiger partial charge in [-0.2, -0.15) is 5.10 Å². The van der Waals surface area contributed by atoms with Crippen LogP contribution in [-0.2, 0) is 9.53 Å². The van der Waals surface area contributed by atoms with Gasteiger partial charge >= 0.3 is 5.97 Å². The van der Waals surface area contributed by atoms with Crippen LogP contribution in [0.15, 0.2) is 48.8 Å².